The predicted octanol–water partition coefficient (Wildman–Crippen LogP) is 3.17. The Balaban J connectivity index is 1.29. The first-order chi connectivity index (χ1) is 16.3. The molecule has 34 heavy (non-hydrogen) atoms. The summed E-state index contributed by atoms with van der Waals surface area (Å²) in [6.45, 7) is 3.24. The molecule has 0 bridgehead atoms. The van der Waals surface area contributed by atoms with Crippen LogP contribution in [0.3, 0.4) is 0 Å². The molecule has 1 aromatic heterocycles. The molecule has 1 saturated heterocycles. The van der Waals surface area contributed by atoms with Gasteiger partial charge in [0.25, 0.3) is 5.91 Å². The molecule has 2 heterocycles. The van der Waals surface area contributed by atoms with E-state index in [0.717, 1.165) is 32.3 Å². The van der Waals surface area contributed by atoms with Crippen LogP contribution in [-0.2, 0) is 21.7 Å². The van der Waals surface area contributed by atoms with Gasteiger partial charge >= 0.3 is 6.03 Å². The van der Waals surface area contributed by atoms with E-state index in [2.05, 4.69) is 20.6 Å². The fraction of sp³-hybridized carbons (Fsp3) is 0.192. The number of carbonyl (C=O) groups is 3. The Morgan fingerprint density at radius 3 is 2.56 bits per heavy atom. The van der Waals surface area contributed by atoms with Gasteiger partial charge in [0, 0.05) is 11.1 Å². The summed E-state index contributed by atoms with van der Waals surface area (Å²) in [6.07, 6.45) is 0. The van der Waals surface area contributed by atoms with Crippen LogP contribution in [0.5, 0.6) is 0 Å². The molecule has 1 unspecified atom stereocenters. The van der Waals surface area contributed by atoms with Crippen molar-refractivity contribution >= 4 is 39.5 Å². The predicted molar refractivity (Wildman–Crippen MR) is 128 cm³/mol. The molecule has 4 aromatic rings. The molecule has 5 rings (SSSR count). The van der Waals surface area contributed by atoms with Crippen LogP contribution in [0.1, 0.15) is 24.0 Å². The third-order valence-corrected chi connectivity index (χ3v) is 6.19. The van der Waals surface area contributed by atoms with E-state index in [1.807, 2.05) is 73.7 Å². The quantitative estimate of drug-likeness (QED) is 0.452. The minimum atomic E-state index is -1.25. The van der Waals surface area contributed by atoms with Crippen molar-refractivity contribution in [1.29, 1.82) is 0 Å². The van der Waals surface area contributed by atoms with Gasteiger partial charge in [-0.2, -0.15) is 0 Å². The van der Waals surface area contributed by atoms with Crippen LogP contribution in [-0.4, -0.2) is 39.3 Å². The fourth-order valence-electron chi connectivity index (χ4n) is 4.29. The van der Waals surface area contributed by atoms with E-state index in [-0.39, 0.29) is 13.1 Å². The van der Waals surface area contributed by atoms with Gasteiger partial charge < -0.3 is 10.6 Å². The Hall–Kier alpha value is -4.33. The van der Waals surface area contributed by atoms with Crippen LogP contribution in [0.4, 0.5) is 4.79 Å². The minimum absolute atomic E-state index is 0.0934. The average Bonchev–Trinajstić information content (AvgIpc) is 3.06. The van der Waals surface area contributed by atoms with Crippen molar-refractivity contribution in [1.82, 2.24) is 25.5 Å². The van der Waals surface area contributed by atoms with Gasteiger partial charge in [-0.15, -0.1) is 0 Å². The average molecular weight is 454 g/mol. The van der Waals surface area contributed by atoms with Gasteiger partial charge in [0.2, 0.25) is 5.91 Å². The van der Waals surface area contributed by atoms with E-state index < -0.39 is 23.4 Å². The number of nitrogens with zero attached hydrogens (tertiary/aromatic N) is 3. The smallest absolute Gasteiger partial charge is 0.325 e. The van der Waals surface area contributed by atoms with E-state index >= 15 is 0 Å². The number of nitrogens with one attached hydrogen (secondary N) is 2. The largest absolute Gasteiger partial charge is 0.347 e. The van der Waals surface area contributed by atoms with Gasteiger partial charge in [-0.3, -0.25) is 14.5 Å². The van der Waals surface area contributed by atoms with E-state index in [0.29, 0.717) is 11.4 Å². The number of aromatic nitrogens is 2. The van der Waals surface area contributed by atoms with Crippen LogP contribution in [0.2, 0.25) is 0 Å². The molecular weight excluding hydrogens is 430 g/mol. The topological polar surface area (TPSA) is 104 Å². The molecule has 8 nitrogen and oxygen atoms in total. The van der Waals surface area contributed by atoms with Crippen LogP contribution in [0.15, 0.2) is 66.7 Å². The van der Waals surface area contributed by atoms with E-state index in [4.69, 9.17) is 0 Å². The number of benzene rings is 3. The summed E-state index contributed by atoms with van der Waals surface area (Å²) in [6, 6.07) is 20.4. The van der Waals surface area contributed by atoms with Gasteiger partial charge in [0.05, 0.1) is 12.1 Å². The second kappa shape index (κ2) is 8.22. The third kappa shape index (κ3) is 3.73. The van der Waals surface area contributed by atoms with Gasteiger partial charge in [-0.05, 0) is 42.3 Å². The summed E-state index contributed by atoms with van der Waals surface area (Å²) in [7, 11) is 0. The zero-order chi connectivity index (χ0) is 23.9. The van der Waals surface area contributed by atoms with E-state index in [9.17, 15) is 14.4 Å². The molecule has 4 amide bonds. The number of rotatable bonds is 5. The van der Waals surface area contributed by atoms with Gasteiger partial charge in [0.15, 0.2) is 0 Å². The van der Waals surface area contributed by atoms with Crippen molar-refractivity contribution in [2.24, 2.45) is 0 Å². The molecule has 0 spiro atoms. The van der Waals surface area contributed by atoms with Crippen LogP contribution in [0, 0.1) is 6.92 Å². The van der Waals surface area contributed by atoms with Crippen LogP contribution < -0.4 is 10.6 Å². The van der Waals surface area contributed by atoms with Gasteiger partial charge in [-0.1, -0.05) is 54.6 Å². The highest BCUT2D eigenvalue weighted by Gasteiger charge is 2.49. The number of aryl methyl sites for hydroxylation is 1. The lowest BCUT2D eigenvalue weighted by Crippen LogP contribution is -2.43. The second-order valence-corrected chi connectivity index (χ2v) is 8.53. The van der Waals surface area contributed by atoms with Crippen molar-refractivity contribution in [3.8, 4) is 0 Å². The number of carbonyl (C=O) groups excluding carboxylic acids is 3. The zero-order valence-corrected chi connectivity index (χ0v) is 18.8. The monoisotopic (exact) mass is 453 g/mol. The molecule has 170 valence electrons. The Labute approximate surface area is 196 Å². The standard InChI is InChI=1S/C26H23N5O3/c1-16-20-9-5-6-10-21(20)29-22(28-16)14-27-23(32)15-31-24(33)26(2,30-25(31)34)19-12-11-17-7-3-4-8-18(17)13-19/h3-13H,14-15H2,1-2H3,(H,27,32)(H,30,34). The zero-order valence-electron chi connectivity index (χ0n) is 18.8. The lowest BCUT2D eigenvalue weighted by atomic mass is 9.90. The first-order valence-corrected chi connectivity index (χ1v) is 11.0. The van der Waals surface area contributed by atoms with Crippen molar-refractivity contribution in [2.45, 2.75) is 25.9 Å². The second-order valence-electron chi connectivity index (χ2n) is 8.53. The molecule has 3 aromatic carbocycles. The first-order valence-electron chi connectivity index (χ1n) is 11.0. The highest BCUT2D eigenvalue weighted by atomic mass is 16.2. The molecule has 1 aliphatic rings. The first kappa shape index (κ1) is 21.5. The summed E-state index contributed by atoms with van der Waals surface area (Å²) in [4.78, 5) is 48.3. The number of hydrogen-bond donors (Lipinski definition) is 2. The lowest BCUT2D eigenvalue weighted by molar-refractivity contribution is -0.134. The van der Waals surface area contributed by atoms with E-state index in [1.165, 1.54) is 0 Å². The Bertz CT molecular complexity index is 1470. The number of para-hydroxylation sites is 1. The SMILES string of the molecule is Cc1nc(CNC(=O)CN2C(=O)NC(C)(c3ccc4ccccc4c3)C2=O)nc2ccccc12. The minimum Gasteiger partial charge on any atom is -0.347 e. The Morgan fingerprint density at radius 2 is 1.74 bits per heavy atom. The maximum absolute atomic E-state index is 13.2. The molecule has 8 heteroatoms. The molecule has 0 radical (unpaired) electrons. The molecule has 0 aliphatic carbocycles. The van der Waals surface area contributed by atoms with Crippen LogP contribution in [0.25, 0.3) is 21.7 Å². The molecule has 1 fully saturated rings. The highest BCUT2D eigenvalue weighted by molar-refractivity contribution is 6.09. The highest BCUT2D eigenvalue weighted by Crippen LogP contribution is 2.31. The summed E-state index contributed by atoms with van der Waals surface area (Å²) < 4.78 is 0. The normalized spacial score (nSPS) is 17.9. The fourth-order valence-corrected chi connectivity index (χ4v) is 4.29. The molecular formula is C26H23N5O3. The molecule has 1 atom stereocenters. The molecule has 2 N–H and O–H groups in total. The van der Waals surface area contributed by atoms with Gasteiger partial charge in [0.1, 0.15) is 17.9 Å². The Kier molecular flexibility index (Phi) is 5.20. The van der Waals surface area contributed by atoms with E-state index in [1.54, 1.807) is 6.92 Å². The maximum Gasteiger partial charge on any atom is 0.325 e. The maximum atomic E-state index is 13.2. The number of fused-ring (bicyclic) bond motifs is 2. The number of hydrogen-bond acceptors (Lipinski definition) is 5. The van der Waals surface area contributed by atoms with Crippen molar-refractivity contribution < 1.29 is 14.4 Å². The third-order valence-electron chi connectivity index (χ3n) is 6.19. The molecule has 0 saturated carbocycles. The van der Waals surface area contributed by atoms with Crippen molar-refractivity contribution in [3.63, 3.8) is 0 Å². The summed E-state index contributed by atoms with van der Waals surface area (Å²) in [5.41, 5.74) is 1.02. The number of imide groups is 1. The summed E-state index contributed by atoms with van der Waals surface area (Å²) >= 11 is 0. The summed E-state index contributed by atoms with van der Waals surface area (Å²) in [5.74, 6) is -0.482. The Morgan fingerprint density at radius 1 is 1.00 bits per heavy atom. The number of urea groups is 1. The summed E-state index contributed by atoms with van der Waals surface area (Å²) in [5, 5.41) is 8.41. The number of amides is 4. The van der Waals surface area contributed by atoms with Crippen LogP contribution >= 0.6 is 0 Å². The lowest BCUT2D eigenvalue weighted by Gasteiger charge is -2.22. The van der Waals surface area contributed by atoms with Crippen molar-refractivity contribution in [3.05, 3.63) is 83.8 Å². The van der Waals surface area contributed by atoms with Crippen molar-refractivity contribution in [2.75, 3.05) is 6.54 Å². The molecule has 1 aliphatic heterocycles. The van der Waals surface area contributed by atoms with Gasteiger partial charge in [-0.25, -0.2) is 14.8 Å².